The molecule has 0 atom stereocenters. The van der Waals surface area contributed by atoms with Gasteiger partial charge in [-0.3, -0.25) is 19.2 Å². The Morgan fingerprint density at radius 3 is 2.20 bits per heavy atom. The summed E-state index contributed by atoms with van der Waals surface area (Å²) in [6.07, 6.45) is 0. The standard InChI is InChI=1S/C24H25N2O8P/c1-3-31-35(29,32-4-2)34-24(20-13-15-21(16-14-20)26(27)28)25-30-18-19-9-8-12-23(17-19)33-22-10-6-5-7-11-22/h5-17H,3-4,18H2,1-2H3/b25-24-. The zero-order valence-corrected chi connectivity index (χ0v) is 20.1. The number of para-hydroxylation sites is 1. The summed E-state index contributed by atoms with van der Waals surface area (Å²) in [6.45, 7) is 3.45. The molecule has 0 N–H and O–H groups in total. The Morgan fingerprint density at radius 1 is 0.914 bits per heavy atom. The average Bonchev–Trinajstić information content (AvgIpc) is 2.85. The second kappa shape index (κ2) is 12.7. The van der Waals surface area contributed by atoms with E-state index in [1.807, 2.05) is 48.5 Å². The van der Waals surface area contributed by atoms with E-state index in [-0.39, 0.29) is 37.0 Å². The SMILES string of the molecule is CCOP(=O)(OCC)O/C(=N\OCc1cccc(Oc2ccccc2)c1)c1ccc([N+](=O)[O-])cc1. The lowest BCUT2D eigenvalue weighted by molar-refractivity contribution is -0.384. The molecule has 0 saturated heterocycles. The van der Waals surface area contributed by atoms with Crippen LogP contribution in [0.2, 0.25) is 0 Å². The molecule has 0 radical (unpaired) electrons. The van der Waals surface area contributed by atoms with Gasteiger partial charge in [0.25, 0.3) is 11.6 Å². The topological polar surface area (TPSA) is 119 Å². The molecule has 0 fully saturated rings. The molecule has 11 heteroatoms. The van der Waals surface area contributed by atoms with Gasteiger partial charge in [0.15, 0.2) is 0 Å². The van der Waals surface area contributed by atoms with Crippen molar-refractivity contribution in [1.29, 1.82) is 0 Å². The van der Waals surface area contributed by atoms with E-state index in [0.717, 1.165) is 5.56 Å². The number of benzene rings is 3. The van der Waals surface area contributed by atoms with Gasteiger partial charge >= 0.3 is 7.82 Å². The zero-order chi connectivity index (χ0) is 25.1. The van der Waals surface area contributed by atoms with E-state index >= 15 is 0 Å². The lowest BCUT2D eigenvalue weighted by atomic mass is 10.2. The highest BCUT2D eigenvalue weighted by atomic mass is 31.2. The average molecular weight is 500 g/mol. The molecule has 0 bridgehead atoms. The predicted molar refractivity (Wildman–Crippen MR) is 129 cm³/mol. The summed E-state index contributed by atoms with van der Waals surface area (Å²) in [6, 6.07) is 21.9. The Bertz CT molecular complexity index is 1180. The maximum atomic E-state index is 12.9. The first kappa shape index (κ1) is 25.9. The number of hydrogen-bond acceptors (Lipinski definition) is 9. The molecule has 0 aliphatic carbocycles. The van der Waals surface area contributed by atoms with Crippen LogP contribution in [-0.4, -0.2) is 24.0 Å². The van der Waals surface area contributed by atoms with Crippen molar-refractivity contribution in [1.82, 2.24) is 0 Å². The van der Waals surface area contributed by atoms with Gasteiger partial charge in [-0.15, -0.1) is 0 Å². The molecule has 3 aromatic rings. The highest BCUT2D eigenvalue weighted by molar-refractivity contribution is 7.49. The van der Waals surface area contributed by atoms with Crippen LogP contribution in [0.15, 0.2) is 84.0 Å². The van der Waals surface area contributed by atoms with Crippen LogP contribution in [0.4, 0.5) is 5.69 Å². The predicted octanol–water partition coefficient (Wildman–Crippen LogP) is 6.46. The number of ether oxygens (including phenoxy) is 1. The van der Waals surface area contributed by atoms with Crippen LogP contribution in [0.5, 0.6) is 11.5 Å². The number of phosphoric acid groups is 1. The Balaban J connectivity index is 1.79. The molecule has 184 valence electrons. The Hall–Kier alpha value is -3.72. The summed E-state index contributed by atoms with van der Waals surface area (Å²) in [5.41, 5.74) is 0.918. The molecule has 35 heavy (non-hydrogen) atoms. The molecule has 0 spiro atoms. The van der Waals surface area contributed by atoms with Gasteiger partial charge in [-0.1, -0.05) is 30.3 Å². The van der Waals surface area contributed by atoms with E-state index in [4.69, 9.17) is 23.1 Å². The molecule has 10 nitrogen and oxygen atoms in total. The van der Waals surface area contributed by atoms with Crippen LogP contribution in [0.25, 0.3) is 0 Å². The molecule has 0 aliphatic heterocycles. The molecule has 0 aromatic heterocycles. The monoisotopic (exact) mass is 500 g/mol. The van der Waals surface area contributed by atoms with E-state index in [1.165, 1.54) is 24.3 Å². The Kier molecular flexibility index (Phi) is 9.37. The third-order valence-electron chi connectivity index (χ3n) is 4.35. The number of rotatable bonds is 12. The van der Waals surface area contributed by atoms with Crippen LogP contribution in [-0.2, 0) is 29.6 Å². The fourth-order valence-electron chi connectivity index (χ4n) is 2.85. The highest BCUT2D eigenvalue weighted by Crippen LogP contribution is 2.50. The quantitative estimate of drug-likeness (QED) is 0.0913. The second-order valence-electron chi connectivity index (χ2n) is 6.91. The number of phosphoric ester groups is 1. The maximum absolute atomic E-state index is 12.9. The van der Waals surface area contributed by atoms with Crippen molar-refractivity contribution in [3.63, 3.8) is 0 Å². The largest absolute Gasteiger partial charge is 0.531 e. The van der Waals surface area contributed by atoms with Gasteiger partial charge in [0.05, 0.1) is 18.1 Å². The Labute approximate surface area is 202 Å². The molecule has 0 heterocycles. The fourth-order valence-corrected chi connectivity index (χ4v) is 4.01. The summed E-state index contributed by atoms with van der Waals surface area (Å²) < 4.78 is 34.5. The summed E-state index contributed by atoms with van der Waals surface area (Å²) in [4.78, 5) is 15.9. The van der Waals surface area contributed by atoms with Gasteiger partial charge in [-0.05, 0) is 61.0 Å². The van der Waals surface area contributed by atoms with Crippen molar-refractivity contribution in [3.8, 4) is 11.5 Å². The second-order valence-corrected chi connectivity index (χ2v) is 8.50. The van der Waals surface area contributed by atoms with E-state index in [1.54, 1.807) is 19.9 Å². The minimum Gasteiger partial charge on any atom is -0.457 e. The van der Waals surface area contributed by atoms with Crippen LogP contribution < -0.4 is 4.74 Å². The van der Waals surface area contributed by atoms with Crippen molar-refractivity contribution in [2.45, 2.75) is 20.5 Å². The molecule has 3 rings (SSSR count). The van der Waals surface area contributed by atoms with E-state index in [2.05, 4.69) is 5.16 Å². The number of non-ortho nitro benzene ring substituents is 1. The highest BCUT2D eigenvalue weighted by Gasteiger charge is 2.30. The normalized spacial score (nSPS) is 11.7. The van der Waals surface area contributed by atoms with Crippen molar-refractivity contribution in [2.24, 2.45) is 5.16 Å². The Morgan fingerprint density at radius 2 is 1.57 bits per heavy atom. The van der Waals surface area contributed by atoms with Crippen molar-refractivity contribution < 1.29 is 32.6 Å². The minimum atomic E-state index is -4.00. The summed E-state index contributed by atoms with van der Waals surface area (Å²) in [5, 5.41) is 15.0. The molecule has 0 amide bonds. The first-order valence-electron chi connectivity index (χ1n) is 10.8. The van der Waals surface area contributed by atoms with Gasteiger partial charge in [0, 0.05) is 17.7 Å². The summed E-state index contributed by atoms with van der Waals surface area (Å²) in [7, 11) is -4.00. The lowest BCUT2D eigenvalue weighted by Gasteiger charge is -2.18. The molecule has 0 aliphatic rings. The van der Waals surface area contributed by atoms with Gasteiger partial charge in [0.2, 0.25) is 0 Å². The smallest absolute Gasteiger partial charge is 0.457 e. The fraction of sp³-hybridized carbons (Fsp3) is 0.208. The third-order valence-corrected chi connectivity index (χ3v) is 5.90. The number of oxime groups is 1. The van der Waals surface area contributed by atoms with E-state index in [0.29, 0.717) is 11.5 Å². The third kappa shape index (κ3) is 7.92. The van der Waals surface area contributed by atoms with Gasteiger partial charge < -0.3 is 14.1 Å². The first-order valence-corrected chi connectivity index (χ1v) is 12.2. The van der Waals surface area contributed by atoms with Crippen LogP contribution in [0, 0.1) is 10.1 Å². The number of nitro groups is 1. The number of nitrogens with zero attached hydrogens (tertiary/aromatic N) is 2. The zero-order valence-electron chi connectivity index (χ0n) is 19.2. The molecule has 3 aromatic carbocycles. The van der Waals surface area contributed by atoms with E-state index in [9.17, 15) is 14.7 Å². The van der Waals surface area contributed by atoms with Crippen LogP contribution in [0.3, 0.4) is 0 Å². The van der Waals surface area contributed by atoms with Crippen LogP contribution >= 0.6 is 7.82 Å². The van der Waals surface area contributed by atoms with E-state index < -0.39 is 12.7 Å². The minimum absolute atomic E-state index is 0.0411. The molecule has 0 saturated carbocycles. The molecular weight excluding hydrogens is 475 g/mol. The number of hydrogen-bond donors (Lipinski definition) is 0. The van der Waals surface area contributed by atoms with Gasteiger partial charge in [-0.2, -0.15) is 0 Å². The lowest BCUT2D eigenvalue weighted by Crippen LogP contribution is -2.10. The van der Waals surface area contributed by atoms with Crippen molar-refractivity contribution in [3.05, 3.63) is 100 Å². The maximum Gasteiger partial charge on any atom is 0.531 e. The van der Waals surface area contributed by atoms with Gasteiger partial charge in [-0.25, -0.2) is 4.57 Å². The van der Waals surface area contributed by atoms with Crippen molar-refractivity contribution in [2.75, 3.05) is 13.2 Å². The first-order chi connectivity index (χ1) is 16.9. The number of nitro benzene ring substituents is 1. The molecular formula is C24H25N2O8P. The summed E-state index contributed by atoms with van der Waals surface area (Å²) in [5.74, 6) is 1.10. The van der Waals surface area contributed by atoms with Crippen molar-refractivity contribution >= 4 is 19.4 Å². The van der Waals surface area contributed by atoms with Crippen LogP contribution in [0.1, 0.15) is 25.0 Å². The molecule has 0 unspecified atom stereocenters. The van der Waals surface area contributed by atoms with Gasteiger partial charge in [0.1, 0.15) is 18.1 Å². The summed E-state index contributed by atoms with van der Waals surface area (Å²) >= 11 is 0.